The van der Waals surface area contributed by atoms with E-state index >= 15 is 0 Å². The minimum absolute atomic E-state index is 0.00402. The lowest BCUT2D eigenvalue weighted by molar-refractivity contribution is -0.0406. The molecule has 1 heterocycles. The van der Waals surface area contributed by atoms with Crippen LogP contribution in [0.2, 0.25) is 0 Å². The van der Waals surface area contributed by atoms with Gasteiger partial charge in [-0.25, -0.2) is 0 Å². The van der Waals surface area contributed by atoms with Gasteiger partial charge in [-0.15, -0.1) is 0 Å². The molecule has 100 valence electrons. The summed E-state index contributed by atoms with van der Waals surface area (Å²) in [6.45, 7) is 4.78. The Balaban J connectivity index is 1.62. The van der Waals surface area contributed by atoms with Crippen LogP contribution in [0.25, 0.3) is 0 Å². The molecule has 3 nitrogen and oxygen atoms in total. The van der Waals surface area contributed by atoms with Crippen LogP contribution in [-0.2, 0) is 9.47 Å². The third kappa shape index (κ3) is 3.67. The van der Waals surface area contributed by atoms with E-state index in [9.17, 15) is 0 Å². The normalized spacial score (nSPS) is 37.8. The highest BCUT2D eigenvalue weighted by Gasteiger charge is 2.37. The Bertz CT molecular complexity index is 228. The fraction of sp³-hybridized carbons (Fsp3) is 1.00. The Morgan fingerprint density at radius 1 is 1.41 bits per heavy atom. The first-order valence-electron chi connectivity index (χ1n) is 7.20. The summed E-state index contributed by atoms with van der Waals surface area (Å²) in [4.78, 5) is 0. The van der Waals surface area contributed by atoms with E-state index < -0.39 is 0 Å². The van der Waals surface area contributed by atoms with Crippen LogP contribution in [0.15, 0.2) is 0 Å². The molecule has 3 unspecified atom stereocenters. The molecule has 0 aromatic heterocycles. The zero-order chi connectivity index (χ0) is 12.1. The number of rotatable bonds is 6. The van der Waals surface area contributed by atoms with E-state index in [0.717, 1.165) is 44.8 Å². The summed E-state index contributed by atoms with van der Waals surface area (Å²) in [5, 5.41) is 0. The largest absolute Gasteiger partial charge is 0.378 e. The SMILES string of the molecule is CC1CCC(CN)(OCCCC2CCCO2)C1. The van der Waals surface area contributed by atoms with E-state index in [1.807, 2.05) is 0 Å². The summed E-state index contributed by atoms with van der Waals surface area (Å²) in [6.07, 6.45) is 8.78. The highest BCUT2D eigenvalue weighted by atomic mass is 16.5. The molecule has 1 saturated heterocycles. The second-order valence-corrected chi connectivity index (χ2v) is 5.86. The summed E-state index contributed by atoms with van der Waals surface area (Å²) in [7, 11) is 0. The van der Waals surface area contributed by atoms with Gasteiger partial charge < -0.3 is 15.2 Å². The predicted octanol–water partition coefficient (Wildman–Crippen LogP) is 2.48. The van der Waals surface area contributed by atoms with E-state index in [1.54, 1.807) is 0 Å². The van der Waals surface area contributed by atoms with Crippen molar-refractivity contribution in [2.75, 3.05) is 19.8 Å². The molecule has 0 aromatic carbocycles. The second kappa shape index (κ2) is 6.17. The lowest BCUT2D eigenvalue weighted by Crippen LogP contribution is -2.38. The van der Waals surface area contributed by atoms with Gasteiger partial charge in [0.15, 0.2) is 0 Å². The molecule has 3 atom stereocenters. The van der Waals surface area contributed by atoms with Crippen molar-refractivity contribution in [1.82, 2.24) is 0 Å². The van der Waals surface area contributed by atoms with Crippen LogP contribution in [0.3, 0.4) is 0 Å². The molecular weight excluding hydrogens is 214 g/mol. The molecule has 2 fully saturated rings. The van der Waals surface area contributed by atoms with Gasteiger partial charge in [-0.1, -0.05) is 6.92 Å². The summed E-state index contributed by atoms with van der Waals surface area (Å²) < 4.78 is 11.7. The molecule has 0 amide bonds. The van der Waals surface area contributed by atoms with Crippen molar-refractivity contribution >= 4 is 0 Å². The van der Waals surface area contributed by atoms with Crippen LogP contribution in [-0.4, -0.2) is 31.5 Å². The topological polar surface area (TPSA) is 44.5 Å². The quantitative estimate of drug-likeness (QED) is 0.727. The lowest BCUT2D eigenvalue weighted by Gasteiger charge is -2.28. The van der Waals surface area contributed by atoms with Crippen molar-refractivity contribution in [2.45, 2.75) is 63.6 Å². The number of hydrogen-bond donors (Lipinski definition) is 1. The van der Waals surface area contributed by atoms with Crippen molar-refractivity contribution in [2.24, 2.45) is 11.7 Å². The standard InChI is InChI=1S/C14H27NO2/c1-12-6-7-14(10-12,11-15)17-9-3-5-13-4-2-8-16-13/h12-13H,2-11,15H2,1H3. The predicted molar refractivity (Wildman–Crippen MR) is 69.0 cm³/mol. The van der Waals surface area contributed by atoms with E-state index in [4.69, 9.17) is 15.2 Å². The Labute approximate surface area is 105 Å². The molecule has 1 aliphatic heterocycles. The molecule has 0 bridgehead atoms. The van der Waals surface area contributed by atoms with Crippen LogP contribution in [0, 0.1) is 5.92 Å². The van der Waals surface area contributed by atoms with Crippen LogP contribution in [0.5, 0.6) is 0 Å². The first kappa shape index (κ1) is 13.3. The van der Waals surface area contributed by atoms with Gasteiger partial charge in [-0.2, -0.15) is 0 Å². The molecule has 2 N–H and O–H groups in total. The van der Waals surface area contributed by atoms with Gasteiger partial charge in [0.05, 0.1) is 11.7 Å². The molecule has 2 rings (SSSR count). The fourth-order valence-electron chi connectivity index (χ4n) is 3.20. The van der Waals surface area contributed by atoms with Gasteiger partial charge in [0.2, 0.25) is 0 Å². The van der Waals surface area contributed by atoms with Crippen molar-refractivity contribution in [3.8, 4) is 0 Å². The van der Waals surface area contributed by atoms with Gasteiger partial charge in [0.1, 0.15) is 0 Å². The Morgan fingerprint density at radius 3 is 2.88 bits per heavy atom. The van der Waals surface area contributed by atoms with Crippen LogP contribution >= 0.6 is 0 Å². The minimum Gasteiger partial charge on any atom is -0.378 e. The first-order chi connectivity index (χ1) is 8.24. The van der Waals surface area contributed by atoms with Crippen LogP contribution in [0.1, 0.15) is 51.9 Å². The average Bonchev–Trinajstić information content (AvgIpc) is 2.95. The number of ether oxygens (including phenoxy) is 2. The lowest BCUT2D eigenvalue weighted by atomic mass is 10.0. The summed E-state index contributed by atoms with van der Waals surface area (Å²) >= 11 is 0. The Hall–Kier alpha value is -0.120. The molecular formula is C14H27NO2. The van der Waals surface area contributed by atoms with Gasteiger partial charge in [0.25, 0.3) is 0 Å². The van der Waals surface area contributed by atoms with Crippen LogP contribution in [0.4, 0.5) is 0 Å². The average molecular weight is 241 g/mol. The zero-order valence-electron chi connectivity index (χ0n) is 11.1. The van der Waals surface area contributed by atoms with Crippen molar-refractivity contribution in [1.29, 1.82) is 0 Å². The van der Waals surface area contributed by atoms with Crippen molar-refractivity contribution in [3.05, 3.63) is 0 Å². The second-order valence-electron chi connectivity index (χ2n) is 5.86. The summed E-state index contributed by atoms with van der Waals surface area (Å²) in [6, 6.07) is 0. The summed E-state index contributed by atoms with van der Waals surface area (Å²) in [5.74, 6) is 0.775. The molecule has 0 spiro atoms. The Kier molecular flexibility index (Phi) is 4.83. The molecule has 2 aliphatic rings. The molecule has 0 radical (unpaired) electrons. The maximum atomic E-state index is 6.09. The van der Waals surface area contributed by atoms with Crippen molar-refractivity contribution < 1.29 is 9.47 Å². The minimum atomic E-state index is -0.00402. The smallest absolute Gasteiger partial charge is 0.0806 e. The van der Waals surface area contributed by atoms with E-state index in [2.05, 4.69) is 6.92 Å². The summed E-state index contributed by atoms with van der Waals surface area (Å²) in [5.41, 5.74) is 5.88. The van der Waals surface area contributed by atoms with Gasteiger partial charge >= 0.3 is 0 Å². The highest BCUT2D eigenvalue weighted by Crippen LogP contribution is 2.36. The molecule has 0 aromatic rings. The third-order valence-electron chi connectivity index (χ3n) is 4.29. The maximum Gasteiger partial charge on any atom is 0.0806 e. The zero-order valence-corrected chi connectivity index (χ0v) is 11.1. The number of hydrogen-bond acceptors (Lipinski definition) is 3. The van der Waals surface area contributed by atoms with Gasteiger partial charge in [-0.05, 0) is 50.9 Å². The highest BCUT2D eigenvalue weighted by molar-refractivity contribution is 4.90. The van der Waals surface area contributed by atoms with E-state index in [0.29, 0.717) is 12.6 Å². The molecule has 1 saturated carbocycles. The van der Waals surface area contributed by atoms with Gasteiger partial charge in [0, 0.05) is 19.8 Å². The molecule has 3 heteroatoms. The Morgan fingerprint density at radius 2 is 2.29 bits per heavy atom. The monoisotopic (exact) mass is 241 g/mol. The third-order valence-corrected chi connectivity index (χ3v) is 4.29. The fourth-order valence-corrected chi connectivity index (χ4v) is 3.20. The first-order valence-corrected chi connectivity index (χ1v) is 7.20. The van der Waals surface area contributed by atoms with E-state index in [-0.39, 0.29) is 5.60 Å². The molecule has 1 aliphatic carbocycles. The number of nitrogens with two attached hydrogens (primary N) is 1. The molecule has 17 heavy (non-hydrogen) atoms. The van der Waals surface area contributed by atoms with Gasteiger partial charge in [-0.3, -0.25) is 0 Å². The van der Waals surface area contributed by atoms with E-state index in [1.165, 1.54) is 19.3 Å². The maximum absolute atomic E-state index is 6.09. The van der Waals surface area contributed by atoms with Crippen LogP contribution < -0.4 is 5.73 Å². The van der Waals surface area contributed by atoms with Crippen molar-refractivity contribution in [3.63, 3.8) is 0 Å².